The number of amidine groups is 1. The van der Waals surface area contributed by atoms with Gasteiger partial charge in [-0.2, -0.15) is 4.99 Å². The van der Waals surface area contributed by atoms with Crippen LogP contribution in [0.3, 0.4) is 0 Å². The number of para-hydroxylation sites is 1. The van der Waals surface area contributed by atoms with E-state index in [0.717, 1.165) is 10.9 Å². The van der Waals surface area contributed by atoms with Crippen LogP contribution >= 0.6 is 23.1 Å². The summed E-state index contributed by atoms with van der Waals surface area (Å²) in [6.07, 6.45) is 3.47. The third-order valence-corrected chi connectivity index (χ3v) is 5.54. The maximum atomic E-state index is 12.5. The molecule has 0 bridgehead atoms. The third-order valence-electron chi connectivity index (χ3n) is 3.82. The Morgan fingerprint density at radius 3 is 2.92 bits per heavy atom. The number of hydrogen-bond acceptors (Lipinski definition) is 7. The van der Waals surface area contributed by atoms with Crippen molar-refractivity contribution in [2.24, 2.45) is 4.99 Å². The zero-order valence-electron chi connectivity index (χ0n) is 14.0. The molecule has 6 nitrogen and oxygen atoms in total. The molecule has 0 spiro atoms. The second-order valence-corrected chi connectivity index (χ2v) is 7.33. The number of carbonyl (C=O) groups is 1. The first-order chi connectivity index (χ1) is 12.7. The van der Waals surface area contributed by atoms with Crippen molar-refractivity contribution in [3.05, 3.63) is 52.5 Å². The van der Waals surface area contributed by atoms with Gasteiger partial charge in [-0.1, -0.05) is 18.2 Å². The normalized spacial score (nSPS) is 17.6. The largest absolute Gasteiger partial charge is 0.494 e. The number of nitrogens with zero attached hydrogens (tertiary/aromatic N) is 4. The van der Waals surface area contributed by atoms with Gasteiger partial charge in [-0.15, -0.1) is 11.3 Å². The van der Waals surface area contributed by atoms with Crippen molar-refractivity contribution < 1.29 is 9.53 Å². The molecule has 1 aromatic carbocycles. The molecule has 130 valence electrons. The molecule has 0 atom stereocenters. The van der Waals surface area contributed by atoms with Crippen LogP contribution in [0, 0.1) is 0 Å². The number of aliphatic imine (C=N–C) groups is 1. The first kappa shape index (κ1) is 16.7. The lowest BCUT2D eigenvalue weighted by Crippen LogP contribution is -2.23. The van der Waals surface area contributed by atoms with E-state index >= 15 is 0 Å². The smallest absolute Gasteiger partial charge is 0.266 e. The number of benzene rings is 1. The highest BCUT2D eigenvalue weighted by molar-refractivity contribution is 8.18. The van der Waals surface area contributed by atoms with Crippen LogP contribution in [0.25, 0.3) is 17.0 Å². The maximum absolute atomic E-state index is 12.5. The number of likely N-dealkylation sites (N-methyl/N-ethyl adjacent to an activating group) is 1. The fourth-order valence-corrected chi connectivity index (χ4v) is 4.03. The van der Waals surface area contributed by atoms with E-state index in [4.69, 9.17) is 4.74 Å². The Morgan fingerprint density at radius 2 is 2.15 bits per heavy atom. The summed E-state index contributed by atoms with van der Waals surface area (Å²) >= 11 is 2.75. The van der Waals surface area contributed by atoms with Crippen molar-refractivity contribution >= 4 is 56.3 Å². The minimum Gasteiger partial charge on any atom is -0.494 e. The summed E-state index contributed by atoms with van der Waals surface area (Å²) < 4.78 is 5.38. The van der Waals surface area contributed by atoms with Gasteiger partial charge in [-0.3, -0.25) is 9.69 Å². The minimum atomic E-state index is -0.104. The number of amides is 1. The van der Waals surface area contributed by atoms with Crippen LogP contribution in [0.1, 0.15) is 5.69 Å². The molecular weight excluding hydrogens is 368 g/mol. The summed E-state index contributed by atoms with van der Waals surface area (Å²) in [6.45, 7) is 0. The summed E-state index contributed by atoms with van der Waals surface area (Å²) in [5.74, 6) is 0.600. The number of rotatable bonds is 3. The van der Waals surface area contributed by atoms with Gasteiger partial charge in [0.05, 0.1) is 17.7 Å². The SMILES string of the molecule is COc1cccc2ccc(/C=C3/S/C(=N/c4nccs4)N(C)C3=O)nc12. The summed E-state index contributed by atoms with van der Waals surface area (Å²) in [4.78, 5) is 27.8. The van der Waals surface area contributed by atoms with Crippen LogP contribution in [-0.4, -0.2) is 40.1 Å². The average Bonchev–Trinajstić information content (AvgIpc) is 3.26. The van der Waals surface area contributed by atoms with Crippen LogP contribution in [0.4, 0.5) is 5.13 Å². The first-order valence-electron chi connectivity index (χ1n) is 7.75. The maximum Gasteiger partial charge on any atom is 0.266 e. The number of ether oxygens (including phenoxy) is 1. The van der Waals surface area contributed by atoms with E-state index in [1.807, 2.05) is 35.7 Å². The molecule has 8 heteroatoms. The lowest BCUT2D eigenvalue weighted by molar-refractivity contribution is -0.121. The second kappa shape index (κ2) is 6.89. The van der Waals surface area contributed by atoms with Gasteiger partial charge in [0.15, 0.2) is 5.17 Å². The molecule has 1 amide bonds. The van der Waals surface area contributed by atoms with Crippen molar-refractivity contribution in [3.63, 3.8) is 0 Å². The second-order valence-electron chi connectivity index (χ2n) is 5.45. The highest BCUT2D eigenvalue weighted by Crippen LogP contribution is 2.33. The zero-order chi connectivity index (χ0) is 18.1. The highest BCUT2D eigenvalue weighted by atomic mass is 32.2. The standard InChI is InChI=1S/C18H14N4O2S2/c1-22-16(23)14(26-18(22)21-17-19-8-9-25-17)10-12-7-6-11-4-3-5-13(24-2)15(11)20-12/h3-10H,1-2H3/b14-10+,21-18+. The molecule has 3 aromatic rings. The Bertz CT molecular complexity index is 1040. The molecule has 1 saturated heterocycles. The Hall–Kier alpha value is -2.71. The molecule has 0 radical (unpaired) electrons. The lowest BCUT2D eigenvalue weighted by Gasteiger charge is -2.06. The molecule has 4 rings (SSSR count). The lowest BCUT2D eigenvalue weighted by atomic mass is 10.2. The van der Waals surface area contributed by atoms with E-state index in [2.05, 4.69) is 15.0 Å². The van der Waals surface area contributed by atoms with E-state index in [0.29, 0.717) is 26.6 Å². The van der Waals surface area contributed by atoms with Gasteiger partial charge in [0.1, 0.15) is 11.3 Å². The number of fused-ring (bicyclic) bond motifs is 1. The number of thiazole rings is 1. The molecule has 26 heavy (non-hydrogen) atoms. The van der Waals surface area contributed by atoms with E-state index in [1.54, 1.807) is 26.4 Å². The topological polar surface area (TPSA) is 67.7 Å². The van der Waals surface area contributed by atoms with Crippen molar-refractivity contribution in [3.8, 4) is 5.75 Å². The Balaban J connectivity index is 1.70. The van der Waals surface area contributed by atoms with E-state index < -0.39 is 0 Å². The van der Waals surface area contributed by atoms with E-state index in [9.17, 15) is 4.79 Å². The van der Waals surface area contributed by atoms with E-state index in [1.165, 1.54) is 28.0 Å². The fraction of sp³-hybridized carbons (Fsp3) is 0.111. The van der Waals surface area contributed by atoms with Crippen molar-refractivity contribution in [1.29, 1.82) is 0 Å². The number of hydrogen-bond donors (Lipinski definition) is 0. The van der Waals surface area contributed by atoms with Crippen molar-refractivity contribution in [1.82, 2.24) is 14.9 Å². The fourth-order valence-electron chi connectivity index (χ4n) is 2.52. The summed E-state index contributed by atoms with van der Waals surface area (Å²) in [7, 11) is 3.33. The zero-order valence-corrected chi connectivity index (χ0v) is 15.7. The minimum absolute atomic E-state index is 0.104. The molecule has 1 fully saturated rings. The first-order valence-corrected chi connectivity index (χ1v) is 9.45. The van der Waals surface area contributed by atoms with Crippen molar-refractivity contribution in [2.75, 3.05) is 14.2 Å². The quantitative estimate of drug-likeness (QED) is 0.642. The summed E-state index contributed by atoms with van der Waals surface area (Å²) in [6, 6.07) is 9.62. The summed E-state index contributed by atoms with van der Waals surface area (Å²) in [5.41, 5.74) is 1.46. The van der Waals surface area contributed by atoms with Crippen molar-refractivity contribution in [2.45, 2.75) is 0 Å². The molecule has 1 aliphatic rings. The number of aromatic nitrogens is 2. The number of carbonyl (C=O) groups excluding carboxylic acids is 1. The van der Waals surface area contributed by atoms with Crippen LogP contribution in [0.5, 0.6) is 5.75 Å². The monoisotopic (exact) mass is 382 g/mol. The Morgan fingerprint density at radius 1 is 1.27 bits per heavy atom. The average molecular weight is 382 g/mol. The predicted molar refractivity (Wildman–Crippen MR) is 106 cm³/mol. The van der Waals surface area contributed by atoms with Crippen LogP contribution < -0.4 is 4.74 Å². The highest BCUT2D eigenvalue weighted by Gasteiger charge is 2.30. The molecule has 2 aromatic heterocycles. The van der Waals surface area contributed by atoms with E-state index in [-0.39, 0.29) is 5.91 Å². The van der Waals surface area contributed by atoms with Gasteiger partial charge in [-0.05, 0) is 30.0 Å². The van der Waals surface area contributed by atoms with Crippen LogP contribution in [0.15, 0.2) is 51.8 Å². The Kier molecular flexibility index (Phi) is 4.44. The van der Waals surface area contributed by atoms with Gasteiger partial charge in [0.2, 0.25) is 5.13 Å². The number of methoxy groups -OCH3 is 1. The molecule has 0 aliphatic carbocycles. The number of thioether (sulfide) groups is 1. The third kappa shape index (κ3) is 3.09. The molecule has 0 unspecified atom stereocenters. The molecule has 3 heterocycles. The molecular formula is C18H14N4O2S2. The summed E-state index contributed by atoms with van der Waals surface area (Å²) in [5, 5.41) is 4.07. The molecule has 0 N–H and O–H groups in total. The molecule has 1 aliphatic heterocycles. The van der Waals surface area contributed by atoms with Gasteiger partial charge in [0.25, 0.3) is 5.91 Å². The van der Waals surface area contributed by atoms with Crippen LogP contribution in [-0.2, 0) is 4.79 Å². The van der Waals surface area contributed by atoms with Gasteiger partial charge >= 0.3 is 0 Å². The number of pyridine rings is 1. The molecule has 0 saturated carbocycles. The van der Waals surface area contributed by atoms with Gasteiger partial charge < -0.3 is 4.74 Å². The van der Waals surface area contributed by atoms with Crippen LogP contribution in [0.2, 0.25) is 0 Å². The predicted octanol–water partition coefficient (Wildman–Crippen LogP) is 3.93. The van der Waals surface area contributed by atoms with Gasteiger partial charge in [-0.25, -0.2) is 9.97 Å². The Labute approximate surface area is 158 Å². The van der Waals surface area contributed by atoms with Gasteiger partial charge in [0, 0.05) is 24.0 Å².